The Kier molecular flexibility index (Phi) is 2.60. The molecule has 80 valence electrons. The number of nitrogen functional groups attached to an aromatic ring is 1. The van der Waals surface area contributed by atoms with Crippen molar-refractivity contribution in [3.8, 4) is 0 Å². The van der Waals surface area contributed by atoms with Crippen molar-refractivity contribution in [1.29, 1.82) is 0 Å². The maximum Gasteiger partial charge on any atom is 0.0943 e. The standard InChI is InChI=1S/C11H15N3O/c1-8(15-2)6-14-7-9-3-4-10(12)5-11(9)13-14/h3-5,7-8H,6,12H2,1-2H3. The number of hydrogen-bond acceptors (Lipinski definition) is 3. The Labute approximate surface area is 88.6 Å². The minimum atomic E-state index is 0.164. The molecule has 2 aromatic rings. The first-order valence-corrected chi connectivity index (χ1v) is 4.94. The van der Waals surface area contributed by atoms with Crippen LogP contribution in [0, 0.1) is 0 Å². The zero-order valence-electron chi connectivity index (χ0n) is 8.97. The van der Waals surface area contributed by atoms with E-state index in [0.29, 0.717) is 0 Å². The van der Waals surface area contributed by atoms with Gasteiger partial charge < -0.3 is 10.5 Å². The number of aromatic nitrogens is 2. The Hall–Kier alpha value is -1.55. The van der Waals surface area contributed by atoms with Crippen LogP contribution in [0.5, 0.6) is 0 Å². The van der Waals surface area contributed by atoms with E-state index < -0.39 is 0 Å². The van der Waals surface area contributed by atoms with Crippen LogP contribution < -0.4 is 5.73 Å². The highest BCUT2D eigenvalue weighted by atomic mass is 16.5. The van der Waals surface area contributed by atoms with Crippen LogP contribution in [-0.4, -0.2) is 23.0 Å². The van der Waals surface area contributed by atoms with E-state index in [1.54, 1.807) is 7.11 Å². The second kappa shape index (κ2) is 3.90. The van der Waals surface area contributed by atoms with Crippen molar-refractivity contribution in [3.63, 3.8) is 0 Å². The van der Waals surface area contributed by atoms with Crippen LogP contribution in [0.1, 0.15) is 6.92 Å². The molecule has 0 bridgehead atoms. The molecular weight excluding hydrogens is 190 g/mol. The molecule has 2 rings (SSSR count). The van der Waals surface area contributed by atoms with E-state index >= 15 is 0 Å². The summed E-state index contributed by atoms with van der Waals surface area (Å²) in [6.45, 7) is 2.77. The van der Waals surface area contributed by atoms with Gasteiger partial charge in [-0.1, -0.05) is 0 Å². The molecular formula is C11H15N3O. The van der Waals surface area contributed by atoms with Crippen molar-refractivity contribution in [2.75, 3.05) is 12.8 Å². The summed E-state index contributed by atoms with van der Waals surface area (Å²) >= 11 is 0. The molecule has 0 aliphatic heterocycles. The van der Waals surface area contributed by atoms with Crippen molar-refractivity contribution in [3.05, 3.63) is 24.4 Å². The fourth-order valence-corrected chi connectivity index (χ4v) is 1.52. The third kappa shape index (κ3) is 2.10. The minimum absolute atomic E-state index is 0.164. The molecule has 0 aliphatic carbocycles. The largest absolute Gasteiger partial charge is 0.399 e. The van der Waals surface area contributed by atoms with Crippen molar-refractivity contribution in [1.82, 2.24) is 9.78 Å². The van der Waals surface area contributed by atoms with Crippen LogP contribution in [-0.2, 0) is 11.3 Å². The lowest BCUT2D eigenvalue weighted by atomic mass is 10.2. The van der Waals surface area contributed by atoms with Gasteiger partial charge in [-0.3, -0.25) is 4.68 Å². The number of hydrogen-bond donors (Lipinski definition) is 1. The molecule has 4 heteroatoms. The van der Waals surface area contributed by atoms with Gasteiger partial charge in [0.05, 0.1) is 18.2 Å². The molecule has 1 atom stereocenters. The molecule has 15 heavy (non-hydrogen) atoms. The van der Waals surface area contributed by atoms with Gasteiger partial charge >= 0.3 is 0 Å². The number of anilines is 1. The van der Waals surface area contributed by atoms with Crippen molar-refractivity contribution in [2.45, 2.75) is 19.6 Å². The SMILES string of the molecule is COC(C)Cn1cc2ccc(N)cc2n1. The van der Waals surface area contributed by atoms with Crippen LogP contribution in [0.2, 0.25) is 0 Å². The fourth-order valence-electron chi connectivity index (χ4n) is 1.52. The Balaban J connectivity index is 2.30. The minimum Gasteiger partial charge on any atom is -0.399 e. The Morgan fingerprint density at radius 3 is 3.07 bits per heavy atom. The lowest BCUT2D eigenvalue weighted by Crippen LogP contribution is -2.14. The van der Waals surface area contributed by atoms with Gasteiger partial charge in [0.15, 0.2) is 0 Å². The number of methoxy groups -OCH3 is 1. The van der Waals surface area contributed by atoms with Crippen LogP contribution >= 0.6 is 0 Å². The van der Waals surface area contributed by atoms with E-state index in [1.807, 2.05) is 36.0 Å². The fraction of sp³-hybridized carbons (Fsp3) is 0.364. The lowest BCUT2D eigenvalue weighted by molar-refractivity contribution is 0.100. The molecule has 0 spiro atoms. The van der Waals surface area contributed by atoms with Crippen molar-refractivity contribution < 1.29 is 4.74 Å². The van der Waals surface area contributed by atoms with Crippen LogP contribution in [0.15, 0.2) is 24.4 Å². The first-order valence-electron chi connectivity index (χ1n) is 4.94. The second-order valence-corrected chi connectivity index (χ2v) is 3.72. The molecule has 0 amide bonds. The summed E-state index contributed by atoms with van der Waals surface area (Å²) in [6.07, 6.45) is 2.17. The number of ether oxygens (including phenoxy) is 1. The monoisotopic (exact) mass is 205 g/mol. The summed E-state index contributed by atoms with van der Waals surface area (Å²) in [5.41, 5.74) is 7.36. The second-order valence-electron chi connectivity index (χ2n) is 3.72. The molecule has 1 heterocycles. The predicted molar refractivity (Wildman–Crippen MR) is 60.6 cm³/mol. The average molecular weight is 205 g/mol. The van der Waals surface area contributed by atoms with Gasteiger partial charge in [-0.15, -0.1) is 0 Å². The molecule has 0 saturated heterocycles. The molecule has 0 radical (unpaired) electrons. The third-order valence-corrected chi connectivity index (χ3v) is 2.43. The normalized spacial score (nSPS) is 13.2. The molecule has 0 fully saturated rings. The van der Waals surface area contributed by atoms with E-state index in [9.17, 15) is 0 Å². The molecule has 1 unspecified atom stereocenters. The zero-order chi connectivity index (χ0) is 10.8. The molecule has 1 aromatic heterocycles. The van der Waals surface area contributed by atoms with Gasteiger partial charge in [-0.25, -0.2) is 0 Å². The number of fused-ring (bicyclic) bond motifs is 1. The number of rotatable bonds is 3. The number of nitrogens with two attached hydrogens (primary N) is 1. The maximum atomic E-state index is 5.69. The summed E-state index contributed by atoms with van der Waals surface area (Å²) in [5, 5.41) is 5.52. The smallest absolute Gasteiger partial charge is 0.0943 e. The summed E-state index contributed by atoms with van der Waals surface area (Å²) in [4.78, 5) is 0. The zero-order valence-corrected chi connectivity index (χ0v) is 8.97. The molecule has 2 N–H and O–H groups in total. The highest BCUT2D eigenvalue weighted by molar-refractivity contribution is 5.81. The first kappa shape index (κ1) is 9.98. The maximum absolute atomic E-state index is 5.69. The Bertz CT molecular complexity index is 464. The lowest BCUT2D eigenvalue weighted by Gasteiger charge is -2.08. The van der Waals surface area contributed by atoms with Crippen molar-refractivity contribution >= 4 is 16.6 Å². The van der Waals surface area contributed by atoms with E-state index in [1.165, 1.54) is 0 Å². The van der Waals surface area contributed by atoms with Crippen LogP contribution in [0.25, 0.3) is 10.9 Å². The number of benzene rings is 1. The topological polar surface area (TPSA) is 53.1 Å². The predicted octanol–water partition coefficient (Wildman–Crippen LogP) is 1.65. The molecule has 0 aliphatic rings. The average Bonchev–Trinajstić information content (AvgIpc) is 2.59. The quantitative estimate of drug-likeness (QED) is 0.775. The van der Waals surface area contributed by atoms with Gasteiger partial charge in [0, 0.05) is 24.4 Å². The molecule has 4 nitrogen and oxygen atoms in total. The van der Waals surface area contributed by atoms with Gasteiger partial charge in [0.25, 0.3) is 0 Å². The van der Waals surface area contributed by atoms with Crippen molar-refractivity contribution in [2.24, 2.45) is 0 Å². The summed E-state index contributed by atoms with van der Waals surface area (Å²) in [6, 6.07) is 5.74. The van der Waals surface area contributed by atoms with E-state index in [0.717, 1.165) is 23.1 Å². The van der Waals surface area contributed by atoms with Crippen LogP contribution in [0.4, 0.5) is 5.69 Å². The third-order valence-electron chi connectivity index (χ3n) is 2.43. The van der Waals surface area contributed by atoms with E-state index in [-0.39, 0.29) is 6.10 Å². The summed E-state index contributed by atoms with van der Waals surface area (Å²) in [7, 11) is 1.70. The number of nitrogens with zero attached hydrogens (tertiary/aromatic N) is 2. The summed E-state index contributed by atoms with van der Waals surface area (Å²) < 4.78 is 7.08. The van der Waals surface area contributed by atoms with Gasteiger partial charge in [-0.2, -0.15) is 5.10 Å². The van der Waals surface area contributed by atoms with E-state index in [4.69, 9.17) is 10.5 Å². The van der Waals surface area contributed by atoms with E-state index in [2.05, 4.69) is 5.10 Å². The van der Waals surface area contributed by atoms with Gasteiger partial charge in [-0.05, 0) is 25.1 Å². The van der Waals surface area contributed by atoms with Gasteiger partial charge in [0.2, 0.25) is 0 Å². The Morgan fingerprint density at radius 1 is 1.53 bits per heavy atom. The van der Waals surface area contributed by atoms with Gasteiger partial charge in [0.1, 0.15) is 0 Å². The highest BCUT2D eigenvalue weighted by Crippen LogP contribution is 2.15. The molecule has 1 aromatic carbocycles. The Morgan fingerprint density at radius 2 is 2.33 bits per heavy atom. The first-order chi connectivity index (χ1) is 7.19. The highest BCUT2D eigenvalue weighted by Gasteiger charge is 2.04. The summed E-state index contributed by atoms with van der Waals surface area (Å²) in [5.74, 6) is 0. The van der Waals surface area contributed by atoms with Crippen LogP contribution in [0.3, 0.4) is 0 Å². The molecule has 0 saturated carbocycles.